The normalized spacial score (nSPS) is 20.1. The molecule has 80 valence electrons. The lowest BCUT2D eigenvalue weighted by Gasteiger charge is -2.08. The van der Waals surface area contributed by atoms with Crippen molar-refractivity contribution in [3.05, 3.63) is 16.3 Å². The van der Waals surface area contributed by atoms with E-state index in [1.807, 2.05) is 0 Å². The van der Waals surface area contributed by atoms with Crippen LogP contribution in [0.15, 0.2) is 16.3 Å². The van der Waals surface area contributed by atoms with Gasteiger partial charge in [-0.25, -0.2) is 0 Å². The van der Waals surface area contributed by atoms with Crippen LogP contribution in [0.3, 0.4) is 0 Å². The largest absolute Gasteiger partial charge is 0.354 e. The van der Waals surface area contributed by atoms with E-state index in [0.29, 0.717) is 17.8 Å². The molecule has 1 aliphatic heterocycles. The molecule has 2 N–H and O–H groups in total. The van der Waals surface area contributed by atoms with Crippen LogP contribution in [0, 0.1) is 0 Å². The molecule has 0 bridgehead atoms. The number of nitrogens with one attached hydrogen (secondary N) is 2. The molecule has 15 heavy (non-hydrogen) atoms. The third kappa shape index (κ3) is 2.51. The molecule has 2 amide bonds. The zero-order chi connectivity index (χ0) is 10.8. The van der Waals surface area contributed by atoms with E-state index in [4.69, 9.17) is 0 Å². The molecule has 2 heterocycles. The second-order valence-corrected chi connectivity index (χ2v) is 4.78. The van der Waals surface area contributed by atoms with Gasteiger partial charge in [-0.05, 0) is 6.07 Å². The summed E-state index contributed by atoms with van der Waals surface area (Å²) in [7, 11) is 0. The molecule has 1 fully saturated rings. The number of thiol groups is 1. The lowest BCUT2D eigenvalue weighted by Crippen LogP contribution is -2.35. The summed E-state index contributed by atoms with van der Waals surface area (Å²) in [4.78, 5) is 24.0. The predicted molar refractivity (Wildman–Crippen MR) is 60.5 cm³/mol. The summed E-state index contributed by atoms with van der Waals surface area (Å²) in [5, 5.41) is 7.26. The van der Waals surface area contributed by atoms with Crippen LogP contribution in [0.4, 0.5) is 0 Å². The van der Waals surface area contributed by atoms with Crippen molar-refractivity contribution >= 4 is 35.8 Å². The van der Waals surface area contributed by atoms with Crippen molar-refractivity contribution in [2.75, 3.05) is 6.54 Å². The topological polar surface area (TPSA) is 58.2 Å². The summed E-state index contributed by atoms with van der Waals surface area (Å²) in [6.07, 6.45) is 0.366. The quantitative estimate of drug-likeness (QED) is 0.667. The van der Waals surface area contributed by atoms with E-state index >= 15 is 0 Å². The second-order valence-electron chi connectivity index (χ2n) is 3.35. The molecule has 2 rings (SSSR count). The number of carbonyl (C=O) groups is 2. The van der Waals surface area contributed by atoms with Crippen LogP contribution in [0.2, 0.25) is 0 Å². The van der Waals surface area contributed by atoms with Crippen LogP contribution < -0.4 is 10.6 Å². The Morgan fingerprint density at radius 3 is 3.00 bits per heavy atom. The molecule has 1 aliphatic rings. The SMILES string of the molecule is O=C1CC(NC(=O)c2cc(S)cs2)CN1. The fraction of sp³-hybridized carbons (Fsp3) is 0.333. The summed E-state index contributed by atoms with van der Waals surface area (Å²) in [6, 6.07) is 1.63. The van der Waals surface area contributed by atoms with Crippen molar-refractivity contribution in [3.63, 3.8) is 0 Å². The summed E-state index contributed by atoms with van der Waals surface area (Å²) in [5.41, 5.74) is 0. The summed E-state index contributed by atoms with van der Waals surface area (Å²) in [6.45, 7) is 0.518. The van der Waals surface area contributed by atoms with Crippen molar-refractivity contribution in [1.82, 2.24) is 10.6 Å². The lowest BCUT2D eigenvalue weighted by molar-refractivity contribution is -0.119. The van der Waals surface area contributed by atoms with Crippen LogP contribution in [-0.2, 0) is 4.79 Å². The van der Waals surface area contributed by atoms with Crippen LogP contribution in [0.5, 0.6) is 0 Å². The minimum Gasteiger partial charge on any atom is -0.354 e. The predicted octanol–water partition coefficient (Wildman–Crippen LogP) is 0.655. The first-order valence-electron chi connectivity index (χ1n) is 4.50. The molecule has 0 spiro atoms. The third-order valence-electron chi connectivity index (χ3n) is 2.12. The minimum atomic E-state index is -0.137. The molecule has 1 aromatic heterocycles. The van der Waals surface area contributed by atoms with Crippen molar-refractivity contribution < 1.29 is 9.59 Å². The molecule has 1 atom stereocenters. The molecule has 0 aromatic carbocycles. The van der Waals surface area contributed by atoms with E-state index in [9.17, 15) is 9.59 Å². The third-order valence-corrected chi connectivity index (χ3v) is 3.48. The van der Waals surface area contributed by atoms with Crippen LogP contribution in [0.1, 0.15) is 16.1 Å². The molecule has 0 aliphatic carbocycles. The van der Waals surface area contributed by atoms with E-state index in [1.54, 1.807) is 11.4 Å². The first kappa shape index (κ1) is 10.5. The standard InChI is InChI=1S/C9H10N2O2S2/c12-8-1-5(3-10-8)11-9(13)7-2-6(14)4-15-7/h2,4-5,14H,1,3H2,(H,10,12)(H,11,13). The number of amides is 2. The fourth-order valence-electron chi connectivity index (χ4n) is 1.41. The fourth-order valence-corrected chi connectivity index (χ4v) is 2.46. The molecule has 0 radical (unpaired) electrons. The average Bonchev–Trinajstić information content (AvgIpc) is 2.75. The molecule has 1 aromatic rings. The number of carbonyl (C=O) groups excluding carboxylic acids is 2. The second kappa shape index (κ2) is 4.24. The molecule has 1 unspecified atom stereocenters. The molecule has 1 saturated heterocycles. The molecule has 0 saturated carbocycles. The lowest BCUT2D eigenvalue weighted by atomic mass is 10.2. The van der Waals surface area contributed by atoms with Gasteiger partial charge in [-0.2, -0.15) is 0 Å². The van der Waals surface area contributed by atoms with Gasteiger partial charge in [0.2, 0.25) is 5.91 Å². The Morgan fingerprint density at radius 2 is 2.47 bits per heavy atom. The molecular weight excluding hydrogens is 232 g/mol. The van der Waals surface area contributed by atoms with Crippen LogP contribution >= 0.6 is 24.0 Å². The maximum Gasteiger partial charge on any atom is 0.261 e. The van der Waals surface area contributed by atoms with Gasteiger partial charge < -0.3 is 10.6 Å². The van der Waals surface area contributed by atoms with Gasteiger partial charge in [-0.15, -0.1) is 24.0 Å². The maximum absolute atomic E-state index is 11.6. The van der Waals surface area contributed by atoms with E-state index in [0.717, 1.165) is 4.90 Å². The zero-order valence-electron chi connectivity index (χ0n) is 7.82. The Morgan fingerprint density at radius 1 is 1.67 bits per heavy atom. The van der Waals surface area contributed by atoms with Crippen LogP contribution in [-0.4, -0.2) is 24.4 Å². The molecule has 6 heteroatoms. The summed E-state index contributed by atoms with van der Waals surface area (Å²) < 4.78 is 0. The Balaban J connectivity index is 1.95. The van der Waals surface area contributed by atoms with Crippen molar-refractivity contribution in [2.24, 2.45) is 0 Å². The highest BCUT2D eigenvalue weighted by atomic mass is 32.1. The van der Waals surface area contributed by atoms with Gasteiger partial charge >= 0.3 is 0 Å². The van der Waals surface area contributed by atoms with Gasteiger partial charge in [0.15, 0.2) is 0 Å². The highest BCUT2D eigenvalue weighted by Crippen LogP contribution is 2.17. The van der Waals surface area contributed by atoms with Crippen molar-refractivity contribution in [1.29, 1.82) is 0 Å². The van der Waals surface area contributed by atoms with Crippen molar-refractivity contribution in [2.45, 2.75) is 17.4 Å². The monoisotopic (exact) mass is 242 g/mol. The first-order valence-corrected chi connectivity index (χ1v) is 5.83. The Kier molecular flexibility index (Phi) is 2.97. The van der Waals surface area contributed by atoms with Gasteiger partial charge in [-0.3, -0.25) is 9.59 Å². The smallest absolute Gasteiger partial charge is 0.261 e. The van der Waals surface area contributed by atoms with E-state index in [1.165, 1.54) is 11.3 Å². The number of hydrogen-bond donors (Lipinski definition) is 3. The Hall–Kier alpha value is -1.01. The summed E-state index contributed by atoms with van der Waals surface area (Å²) >= 11 is 5.47. The highest BCUT2D eigenvalue weighted by Gasteiger charge is 2.23. The number of hydrogen-bond acceptors (Lipinski definition) is 4. The van der Waals surface area contributed by atoms with Gasteiger partial charge in [0.25, 0.3) is 5.91 Å². The van der Waals surface area contributed by atoms with Gasteiger partial charge in [-0.1, -0.05) is 0 Å². The number of rotatable bonds is 2. The maximum atomic E-state index is 11.6. The average molecular weight is 242 g/mol. The van der Waals surface area contributed by atoms with Gasteiger partial charge in [0, 0.05) is 23.2 Å². The van der Waals surface area contributed by atoms with Crippen LogP contribution in [0.25, 0.3) is 0 Å². The molecular formula is C9H10N2O2S2. The zero-order valence-corrected chi connectivity index (χ0v) is 9.53. The van der Waals surface area contributed by atoms with Crippen molar-refractivity contribution in [3.8, 4) is 0 Å². The highest BCUT2D eigenvalue weighted by molar-refractivity contribution is 7.80. The first-order chi connectivity index (χ1) is 7.15. The van der Waals surface area contributed by atoms with Gasteiger partial charge in [0.05, 0.1) is 10.9 Å². The number of thiophene rings is 1. The summed E-state index contributed by atoms with van der Waals surface area (Å²) in [5.74, 6) is -0.150. The Labute approximate surface area is 96.5 Å². The van der Waals surface area contributed by atoms with E-state index in [-0.39, 0.29) is 17.9 Å². The van der Waals surface area contributed by atoms with E-state index in [2.05, 4.69) is 23.3 Å². The Bertz CT molecular complexity index is 403. The van der Waals surface area contributed by atoms with E-state index < -0.39 is 0 Å². The van der Waals surface area contributed by atoms with Gasteiger partial charge in [0.1, 0.15) is 0 Å². The minimum absolute atomic E-state index is 0.0126. The molecule has 4 nitrogen and oxygen atoms in total.